The summed E-state index contributed by atoms with van der Waals surface area (Å²) in [6.45, 7) is 1.37. The smallest absolute Gasteiger partial charge is 0.250 e. The number of nitrogen functional groups attached to an aromatic ring is 1. The second-order valence-corrected chi connectivity index (χ2v) is 5.86. The molecule has 1 aliphatic rings. The van der Waals surface area contributed by atoms with Gasteiger partial charge in [0.2, 0.25) is 0 Å². The number of likely N-dealkylation sites (N-methyl/N-ethyl adjacent to an activating group) is 1. The molecule has 0 spiro atoms. The van der Waals surface area contributed by atoms with Crippen LogP contribution in [0.2, 0.25) is 5.02 Å². The number of anilines is 2. The van der Waals surface area contributed by atoms with E-state index in [4.69, 9.17) is 27.8 Å². The predicted octanol–water partition coefficient (Wildman–Crippen LogP) is 0.999. The Morgan fingerprint density at radius 1 is 1.48 bits per heavy atom. The van der Waals surface area contributed by atoms with Crippen molar-refractivity contribution < 1.29 is 14.6 Å². The Hall–Kier alpha value is -1.50. The summed E-state index contributed by atoms with van der Waals surface area (Å²) < 4.78 is 5.26. The SMILES string of the molecule is CN(CC1(O)CCOCC1)c1c(Cl)cc(N)cc1C(N)=O. The van der Waals surface area contributed by atoms with Gasteiger partial charge in [-0.1, -0.05) is 11.6 Å². The zero-order valence-electron chi connectivity index (χ0n) is 11.9. The minimum Gasteiger partial charge on any atom is -0.399 e. The lowest BCUT2D eigenvalue weighted by molar-refractivity contribution is -0.0572. The van der Waals surface area contributed by atoms with Gasteiger partial charge in [-0.2, -0.15) is 0 Å². The summed E-state index contributed by atoms with van der Waals surface area (Å²) in [7, 11) is 1.76. The Morgan fingerprint density at radius 2 is 2.10 bits per heavy atom. The van der Waals surface area contributed by atoms with Crippen LogP contribution in [0.15, 0.2) is 12.1 Å². The average Bonchev–Trinajstić information content (AvgIpc) is 2.37. The van der Waals surface area contributed by atoms with Gasteiger partial charge in [-0.25, -0.2) is 0 Å². The molecule has 1 aliphatic heterocycles. The number of carbonyl (C=O) groups is 1. The molecule has 0 aromatic heterocycles. The standard InChI is InChI=1S/C14H20ClN3O3/c1-18(8-14(20)2-4-21-5-3-14)12-10(13(17)19)6-9(16)7-11(12)15/h6-7,20H,2-5,8,16H2,1H3,(H2,17,19). The van der Waals surface area contributed by atoms with Gasteiger partial charge in [0.15, 0.2) is 0 Å². The number of carbonyl (C=O) groups excluding carboxylic acids is 1. The van der Waals surface area contributed by atoms with Gasteiger partial charge in [-0.15, -0.1) is 0 Å². The highest BCUT2D eigenvalue weighted by molar-refractivity contribution is 6.34. The van der Waals surface area contributed by atoms with Crippen LogP contribution in [-0.2, 0) is 4.74 Å². The van der Waals surface area contributed by atoms with Gasteiger partial charge in [-0.3, -0.25) is 4.79 Å². The molecule has 1 aromatic rings. The lowest BCUT2D eigenvalue weighted by Gasteiger charge is -2.37. The van der Waals surface area contributed by atoms with Gasteiger partial charge in [-0.05, 0) is 12.1 Å². The summed E-state index contributed by atoms with van der Waals surface area (Å²) in [5.74, 6) is -0.606. The number of aliphatic hydroxyl groups is 1. The van der Waals surface area contributed by atoms with Crippen LogP contribution in [0.3, 0.4) is 0 Å². The van der Waals surface area contributed by atoms with Crippen molar-refractivity contribution in [2.45, 2.75) is 18.4 Å². The maximum Gasteiger partial charge on any atom is 0.250 e. The van der Waals surface area contributed by atoms with Gasteiger partial charge in [0, 0.05) is 45.3 Å². The summed E-state index contributed by atoms with van der Waals surface area (Å²) in [5, 5.41) is 10.9. The summed E-state index contributed by atoms with van der Waals surface area (Å²) in [6, 6.07) is 3.06. The van der Waals surface area contributed by atoms with Crippen molar-refractivity contribution in [2.75, 3.05) is 37.4 Å². The van der Waals surface area contributed by atoms with Gasteiger partial charge in [0.25, 0.3) is 5.91 Å². The fraction of sp³-hybridized carbons (Fsp3) is 0.500. The first-order valence-electron chi connectivity index (χ1n) is 6.72. The van der Waals surface area contributed by atoms with Gasteiger partial charge >= 0.3 is 0 Å². The molecule has 7 heteroatoms. The molecule has 0 saturated carbocycles. The zero-order valence-corrected chi connectivity index (χ0v) is 12.7. The average molecular weight is 314 g/mol. The molecule has 1 saturated heterocycles. The third-order valence-electron chi connectivity index (χ3n) is 3.69. The molecule has 116 valence electrons. The first-order valence-corrected chi connectivity index (χ1v) is 7.10. The molecule has 0 unspecified atom stereocenters. The summed E-state index contributed by atoms with van der Waals surface area (Å²) in [5.41, 5.74) is 11.3. The van der Waals surface area contributed by atoms with Crippen LogP contribution >= 0.6 is 11.6 Å². The number of amides is 1. The Labute approximate surface area is 128 Å². The highest BCUT2D eigenvalue weighted by Gasteiger charge is 2.32. The van der Waals surface area contributed by atoms with Crippen molar-refractivity contribution in [3.05, 3.63) is 22.7 Å². The van der Waals surface area contributed by atoms with E-state index in [9.17, 15) is 9.90 Å². The molecule has 21 heavy (non-hydrogen) atoms. The number of halogens is 1. The first kappa shape index (κ1) is 15.9. The van der Waals surface area contributed by atoms with E-state index in [1.54, 1.807) is 18.0 Å². The maximum absolute atomic E-state index is 11.6. The van der Waals surface area contributed by atoms with E-state index in [0.717, 1.165) is 0 Å². The Balaban J connectivity index is 2.30. The molecule has 0 atom stereocenters. The molecule has 0 aliphatic carbocycles. The largest absolute Gasteiger partial charge is 0.399 e. The second kappa shape index (κ2) is 6.09. The van der Waals surface area contributed by atoms with Crippen molar-refractivity contribution in [1.29, 1.82) is 0 Å². The summed E-state index contributed by atoms with van der Waals surface area (Å²) in [4.78, 5) is 13.3. The van der Waals surface area contributed by atoms with Gasteiger partial charge in [0.05, 0.1) is 21.9 Å². The van der Waals surface area contributed by atoms with E-state index in [-0.39, 0.29) is 5.56 Å². The Morgan fingerprint density at radius 3 is 2.67 bits per heavy atom. The zero-order chi connectivity index (χ0) is 15.6. The fourth-order valence-electron chi connectivity index (χ4n) is 2.63. The number of hydrogen-bond donors (Lipinski definition) is 3. The molecule has 1 amide bonds. The van der Waals surface area contributed by atoms with Gasteiger partial charge in [0.1, 0.15) is 0 Å². The van der Waals surface area contributed by atoms with E-state index in [1.807, 2.05) is 0 Å². The highest BCUT2D eigenvalue weighted by Crippen LogP contribution is 2.33. The van der Waals surface area contributed by atoms with Crippen LogP contribution in [-0.4, -0.2) is 43.4 Å². The molecular formula is C14H20ClN3O3. The summed E-state index contributed by atoms with van der Waals surface area (Å²) in [6.07, 6.45) is 1.08. The molecule has 1 aromatic carbocycles. The lowest BCUT2D eigenvalue weighted by atomic mass is 9.93. The molecule has 6 nitrogen and oxygen atoms in total. The number of benzene rings is 1. The maximum atomic E-state index is 11.6. The van der Waals surface area contributed by atoms with E-state index >= 15 is 0 Å². The van der Waals surface area contributed by atoms with Crippen molar-refractivity contribution in [1.82, 2.24) is 0 Å². The minimum atomic E-state index is -0.868. The Bertz CT molecular complexity index is 545. The minimum absolute atomic E-state index is 0.248. The summed E-state index contributed by atoms with van der Waals surface area (Å²) >= 11 is 6.20. The third kappa shape index (κ3) is 3.58. The molecule has 0 bridgehead atoms. The number of hydrogen-bond acceptors (Lipinski definition) is 5. The van der Waals surface area contributed by atoms with Crippen molar-refractivity contribution >= 4 is 28.9 Å². The highest BCUT2D eigenvalue weighted by atomic mass is 35.5. The molecule has 2 rings (SSSR count). The molecule has 0 radical (unpaired) electrons. The van der Waals surface area contributed by atoms with Crippen LogP contribution in [0.1, 0.15) is 23.2 Å². The quantitative estimate of drug-likeness (QED) is 0.720. The van der Waals surface area contributed by atoms with E-state index < -0.39 is 11.5 Å². The van der Waals surface area contributed by atoms with Gasteiger partial charge < -0.3 is 26.2 Å². The van der Waals surface area contributed by atoms with Crippen LogP contribution in [0.4, 0.5) is 11.4 Å². The number of rotatable bonds is 4. The number of nitrogens with zero attached hydrogens (tertiary/aromatic N) is 1. The fourth-order valence-corrected chi connectivity index (χ4v) is 3.00. The van der Waals surface area contributed by atoms with Crippen LogP contribution in [0.5, 0.6) is 0 Å². The number of primary amides is 1. The molecule has 1 fully saturated rings. The predicted molar refractivity (Wildman–Crippen MR) is 82.7 cm³/mol. The number of ether oxygens (including phenoxy) is 1. The monoisotopic (exact) mass is 313 g/mol. The molecular weight excluding hydrogens is 294 g/mol. The van der Waals surface area contributed by atoms with Crippen LogP contribution < -0.4 is 16.4 Å². The van der Waals surface area contributed by atoms with Crippen molar-refractivity contribution in [2.24, 2.45) is 5.73 Å². The van der Waals surface area contributed by atoms with E-state index in [2.05, 4.69) is 0 Å². The molecule has 5 N–H and O–H groups in total. The normalized spacial score (nSPS) is 17.5. The van der Waals surface area contributed by atoms with Crippen molar-refractivity contribution in [3.63, 3.8) is 0 Å². The topological polar surface area (TPSA) is 102 Å². The second-order valence-electron chi connectivity index (χ2n) is 5.46. The van der Waals surface area contributed by atoms with Crippen LogP contribution in [0, 0.1) is 0 Å². The van der Waals surface area contributed by atoms with Crippen LogP contribution in [0.25, 0.3) is 0 Å². The first-order chi connectivity index (χ1) is 9.82. The third-order valence-corrected chi connectivity index (χ3v) is 3.98. The van der Waals surface area contributed by atoms with E-state index in [1.165, 1.54) is 6.07 Å². The van der Waals surface area contributed by atoms with E-state index in [0.29, 0.717) is 49.0 Å². The number of nitrogens with two attached hydrogens (primary N) is 2. The Kier molecular flexibility index (Phi) is 4.61. The van der Waals surface area contributed by atoms with Crippen molar-refractivity contribution in [3.8, 4) is 0 Å². The lowest BCUT2D eigenvalue weighted by Crippen LogP contribution is -2.46. The molecule has 1 heterocycles.